The van der Waals surface area contributed by atoms with Gasteiger partial charge in [-0.3, -0.25) is 4.90 Å². The highest BCUT2D eigenvalue weighted by atomic mass is 16.5. The highest BCUT2D eigenvalue weighted by Gasteiger charge is 2.21. The van der Waals surface area contributed by atoms with Crippen molar-refractivity contribution in [2.24, 2.45) is 0 Å². The Hall–Kier alpha value is -1.10. The Morgan fingerprint density at radius 1 is 1.08 bits per heavy atom. The second kappa shape index (κ2) is 9.02. The molecule has 4 heteroatoms. The second-order valence-corrected chi connectivity index (χ2v) is 8.23. The molecule has 1 aromatic rings. The van der Waals surface area contributed by atoms with Crippen molar-refractivity contribution < 1.29 is 14.2 Å². The van der Waals surface area contributed by atoms with Crippen molar-refractivity contribution in [2.45, 2.75) is 59.2 Å². The smallest absolute Gasteiger partial charge is 0.123 e. The van der Waals surface area contributed by atoms with Gasteiger partial charge in [-0.25, -0.2) is 0 Å². The van der Waals surface area contributed by atoms with Gasteiger partial charge in [0.2, 0.25) is 0 Å². The fraction of sp³-hybridized carbons (Fsp3) is 0.714. The molecule has 0 saturated carbocycles. The molecule has 0 aromatic heterocycles. The molecule has 142 valence electrons. The first-order chi connectivity index (χ1) is 11.8. The minimum atomic E-state index is 0.0753. The largest absolute Gasteiger partial charge is 0.491 e. The first-order valence-corrected chi connectivity index (χ1v) is 9.45. The van der Waals surface area contributed by atoms with Crippen LogP contribution in [0.3, 0.4) is 0 Å². The quantitative estimate of drug-likeness (QED) is 0.701. The van der Waals surface area contributed by atoms with Gasteiger partial charge >= 0.3 is 0 Å². The third kappa shape index (κ3) is 6.61. The van der Waals surface area contributed by atoms with Crippen LogP contribution in [0, 0.1) is 6.92 Å². The molecule has 1 heterocycles. The van der Waals surface area contributed by atoms with E-state index in [1.807, 2.05) is 0 Å². The Morgan fingerprint density at radius 3 is 2.40 bits per heavy atom. The molecule has 4 nitrogen and oxygen atoms in total. The van der Waals surface area contributed by atoms with Gasteiger partial charge in [0.15, 0.2) is 0 Å². The van der Waals surface area contributed by atoms with Gasteiger partial charge in [0, 0.05) is 19.6 Å². The predicted molar refractivity (Wildman–Crippen MR) is 103 cm³/mol. The molecule has 0 radical (unpaired) electrons. The number of ether oxygens (including phenoxy) is 3. The van der Waals surface area contributed by atoms with Crippen LogP contribution in [-0.2, 0) is 14.9 Å². The zero-order valence-electron chi connectivity index (χ0n) is 16.8. The zero-order valence-corrected chi connectivity index (χ0v) is 16.8. The summed E-state index contributed by atoms with van der Waals surface area (Å²) >= 11 is 0. The van der Waals surface area contributed by atoms with Gasteiger partial charge in [0.25, 0.3) is 0 Å². The molecule has 2 atom stereocenters. The van der Waals surface area contributed by atoms with Gasteiger partial charge in [-0.15, -0.1) is 0 Å². The average molecular weight is 350 g/mol. The number of aryl methyl sites for hydroxylation is 1. The molecular formula is C21H35NO3. The molecule has 25 heavy (non-hydrogen) atoms. The van der Waals surface area contributed by atoms with Gasteiger partial charge in [-0.2, -0.15) is 0 Å². The molecule has 0 spiro atoms. The summed E-state index contributed by atoms with van der Waals surface area (Å²) < 4.78 is 17.5. The van der Waals surface area contributed by atoms with Crippen molar-refractivity contribution in [1.82, 2.24) is 4.90 Å². The highest BCUT2D eigenvalue weighted by Crippen LogP contribution is 2.32. The van der Waals surface area contributed by atoms with Crippen LogP contribution < -0.4 is 4.74 Å². The summed E-state index contributed by atoms with van der Waals surface area (Å²) in [6, 6.07) is 6.40. The fourth-order valence-electron chi connectivity index (χ4n) is 3.33. The number of rotatable bonds is 7. The molecule has 1 aliphatic heterocycles. The van der Waals surface area contributed by atoms with E-state index in [0.29, 0.717) is 25.4 Å². The first kappa shape index (κ1) is 20.2. The van der Waals surface area contributed by atoms with Crippen LogP contribution in [0.2, 0.25) is 0 Å². The molecule has 1 aliphatic rings. The predicted octanol–water partition coefficient (Wildman–Crippen LogP) is 3.80. The molecule has 1 saturated heterocycles. The number of hydrogen-bond acceptors (Lipinski definition) is 4. The molecule has 2 unspecified atom stereocenters. The van der Waals surface area contributed by atoms with Crippen LogP contribution >= 0.6 is 0 Å². The van der Waals surface area contributed by atoms with Crippen LogP contribution in [0.1, 0.15) is 45.7 Å². The third-order valence-corrected chi connectivity index (χ3v) is 4.48. The van der Waals surface area contributed by atoms with Gasteiger partial charge in [0.1, 0.15) is 12.4 Å². The van der Waals surface area contributed by atoms with Crippen molar-refractivity contribution in [3.8, 4) is 5.75 Å². The SMILES string of the molecule is Cc1ccc(OCCOCCN2CC(C)OC(C)C2)c(C(C)(C)C)c1. The summed E-state index contributed by atoms with van der Waals surface area (Å²) in [6.07, 6.45) is 0.619. The van der Waals surface area contributed by atoms with E-state index in [-0.39, 0.29) is 5.41 Å². The van der Waals surface area contributed by atoms with Crippen molar-refractivity contribution in [1.29, 1.82) is 0 Å². The molecule has 0 aliphatic carbocycles. The lowest BCUT2D eigenvalue weighted by Crippen LogP contribution is -2.46. The normalized spacial score (nSPS) is 22.2. The minimum Gasteiger partial charge on any atom is -0.491 e. The molecule has 0 N–H and O–H groups in total. The van der Waals surface area contributed by atoms with E-state index in [0.717, 1.165) is 32.0 Å². The summed E-state index contributed by atoms with van der Waals surface area (Å²) in [5, 5.41) is 0. The molecule has 0 amide bonds. The van der Waals surface area contributed by atoms with Gasteiger partial charge in [-0.05, 0) is 37.8 Å². The van der Waals surface area contributed by atoms with Gasteiger partial charge in [0.05, 0.1) is 25.4 Å². The van der Waals surface area contributed by atoms with E-state index >= 15 is 0 Å². The maximum absolute atomic E-state index is 5.99. The Morgan fingerprint density at radius 2 is 1.76 bits per heavy atom. The van der Waals surface area contributed by atoms with Gasteiger partial charge < -0.3 is 14.2 Å². The van der Waals surface area contributed by atoms with Crippen LogP contribution in [0.25, 0.3) is 0 Å². The number of benzene rings is 1. The van der Waals surface area contributed by atoms with E-state index in [4.69, 9.17) is 14.2 Å². The lowest BCUT2D eigenvalue weighted by molar-refractivity contribution is -0.0734. The van der Waals surface area contributed by atoms with Crippen molar-refractivity contribution in [3.63, 3.8) is 0 Å². The minimum absolute atomic E-state index is 0.0753. The van der Waals surface area contributed by atoms with Crippen LogP contribution in [-0.4, -0.2) is 56.6 Å². The monoisotopic (exact) mass is 349 g/mol. The van der Waals surface area contributed by atoms with E-state index in [1.54, 1.807) is 0 Å². The van der Waals surface area contributed by atoms with Crippen molar-refractivity contribution in [2.75, 3.05) is 39.5 Å². The maximum Gasteiger partial charge on any atom is 0.123 e. The summed E-state index contributed by atoms with van der Waals surface area (Å²) in [4.78, 5) is 2.41. The third-order valence-electron chi connectivity index (χ3n) is 4.48. The van der Waals surface area contributed by atoms with Crippen LogP contribution in [0.4, 0.5) is 0 Å². The Bertz CT molecular complexity index is 528. The van der Waals surface area contributed by atoms with Crippen molar-refractivity contribution >= 4 is 0 Å². The number of morpholine rings is 1. The summed E-state index contributed by atoms with van der Waals surface area (Å²) in [7, 11) is 0. The summed E-state index contributed by atoms with van der Waals surface area (Å²) in [6.45, 7) is 17.9. The van der Waals surface area contributed by atoms with Crippen LogP contribution in [0.15, 0.2) is 18.2 Å². The zero-order chi connectivity index (χ0) is 18.4. The van der Waals surface area contributed by atoms with E-state index in [1.165, 1.54) is 11.1 Å². The van der Waals surface area contributed by atoms with Crippen molar-refractivity contribution in [3.05, 3.63) is 29.3 Å². The summed E-state index contributed by atoms with van der Waals surface area (Å²) in [5.41, 5.74) is 2.60. The Kier molecular flexibility index (Phi) is 7.29. The first-order valence-electron chi connectivity index (χ1n) is 9.45. The Labute approximate surface area is 153 Å². The van der Waals surface area contributed by atoms with Gasteiger partial charge in [-0.1, -0.05) is 38.5 Å². The Balaban J connectivity index is 1.70. The fourth-order valence-corrected chi connectivity index (χ4v) is 3.33. The molecule has 2 rings (SSSR count). The molecule has 1 fully saturated rings. The standard InChI is InChI=1S/C21H35NO3/c1-16-7-8-20(19(13-16)21(4,5)6)24-12-11-23-10-9-22-14-17(2)25-18(3)15-22/h7-8,13,17-18H,9-12,14-15H2,1-6H3. The lowest BCUT2D eigenvalue weighted by Gasteiger charge is -2.35. The van der Waals surface area contributed by atoms with Crippen LogP contribution in [0.5, 0.6) is 5.75 Å². The molecule has 1 aromatic carbocycles. The summed E-state index contributed by atoms with van der Waals surface area (Å²) in [5.74, 6) is 0.970. The highest BCUT2D eigenvalue weighted by molar-refractivity contribution is 5.41. The average Bonchev–Trinajstić information content (AvgIpc) is 2.50. The molecule has 0 bridgehead atoms. The molecular weight excluding hydrogens is 314 g/mol. The number of nitrogens with zero attached hydrogens (tertiary/aromatic N) is 1. The topological polar surface area (TPSA) is 30.9 Å². The number of hydrogen-bond donors (Lipinski definition) is 0. The van der Waals surface area contributed by atoms with E-state index in [9.17, 15) is 0 Å². The van der Waals surface area contributed by atoms with E-state index in [2.05, 4.69) is 64.6 Å². The lowest BCUT2D eigenvalue weighted by atomic mass is 9.85. The maximum atomic E-state index is 5.99. The van der Waals surface area contributed by atoms with E-state index < -0.39 is 0 Å². The second-order valence-electron chi connectivity index (χ2n) is 8.23.